The van der Waals surface area contributed by atoms with E-state index in [2.05, 4.69) is 193 Å². The molecule has 0 N–H and O–H groups in total. The van der Waals surface area contributed by atoms with Crippen LogP contribution < -0.4 is 0 Å². The van der Waals surface area contributed by atoms with Crippen LogP contribution in [0.5, 0.6) is 0 Å². The van der Waals surface area contributed by atoms with Gasteiger partial charge in [0.15, 0.2) is 0 Å². The molecule has 13 rings (SSSR count). The van der Waals surface area contributed by atoms with Crippen LogP contribution in [-0.4, -0.2) is 21.2 Å². The number of amidine groups is 2. The summed E-state index contributed by atoms with van der Waals surface area (Å²) in [7, 11) is 0. The number of benzene rings is 10. The monoisotopic (exact) mass is 828 g/mol. The van der Waals surface area contributed by atoms with Gasteiger partial charge < -0.3 is 14.9 Å². The molecule has 0 radical (unpaired) electrons. The van der Waals surface area contributed by atoms with Gasteiger partial charge in [0.2, 0.25) is 0 Å². The molecule has 5 nitrogen and oxygen atoms in total. The summed E-state index contributed by atoms with van der Waals surface area (Å²) in [6.07, 6.45) is -0.445. The number of pyridine rings is 1. The Hall–Kier alpha value is -8.67. The van der Waals surface area contributed by atoms with Crippen LogP contribution in [0.2, 0.25) is 0 Å². The van der Waals surface area contributed by atoms with Crippen LogP contribution in [0, 0.1) is 0 Å². The first kappa shape index (κ1) is 36.9. The molecule has 1 aliphatic rings. The van der Waals surface area contributed by atoms with Crippen LogP contribution in [0.1, 0.15) is 22.9 Å². The van der Waals surface area contributed by atoms with Gasteiger partial charge in [-0.3, -0.25) is 4.99 Å². The van der Waals surface area contributed by atoms with E-state index >= 15 is 0 Å². The largest absolute Gasteiger partial charge is 0.438 e. The summed E-state index contributed by atoms with van der Waals surface area (Å²) in [4.78, 5) is 16.0. The van der Waals surface area contributed by atoms with Gasteiger partial charge in [-0.05, 0) is 80.0 Å². The van der Waals surface area contributed by atoms with E-state index in [0.29, 0.717) is 11.7 Å². The molecule has 0 saturated heterocycles. The second-order valence-electron chi connectivity index (χ2n) is 16.7. The molecule has 0 saturated carbocycles. The molecule has 0 aliphatic carbocycles. The number of hydrogen-bond acceptors (Lipinski definition) is 3. The minimum Gasteiger partial charge on any atom is -0.438 e. The summed E-state index contributed by atoms with van der Waals surface area (Å²) in [5.74, 6) is 1.31. The summed E-state index contributed by atoms with van der Waals surface area (Å²) in [5, 5.41) is 15.6. The molecule has 1 atom stereocenters. The quantitative estimate of drug-likeness (QED) is 0.154. The third kappa shape index (κ3) is 6.20. The maximum Gasteiger partial charge on any atom is 0.0822 e. The fourth-order valence-electron chi connectivity index (χ4n) is 9.83. The molecule has 1 aliphatic heterocycles. The zero-order valence-electron chi connectivity index (χ0n) is 35.2. The van der Waals surface area contributed by atoms with E-state index in [1.165, 1.54) is 32.3 Å². The fourth-order valence-corrected chi connectivity index (χ4v) is 9.83. The molecule has 0 amide bonds. The third-order valence-corrected chi connectivity index (χ3v) is 12.9. The minimum absolute atomic E-state index is 0.445. The predicted octanol–water partition coefficient (Wildman–Crippen LogP) is 15.4. The molecular weight excluding hydrogens is 791 g/mol. The van der Waals surface area contributed by atoms with Gasteiger partial charge in [-0.1, -0.05) is 194 Å². The summed E-state index contributed by atoms with van der Waals surface area (Å²) in [5.41, 5.74) is 11.4. The number of rotatable bonds is 6. The summed E-state index contributed by atoms with van der Waals surface area (Å²) < 4.78 is 2.46. The first-order valence-corrected chi connectivity index (χ1v) is 22.1. The molecule has 3 heterocycles. The van der Waals surface area contributed by atoms with E-state index in [1.54, 1.807) is 0 Å². The Morgan fingerprint density at radius 3 is 1.88 bits per heavy atom. The molecule has 12 aromatic rings. The molecule has 2 aromatic heterocycles. The minimum atomic E-state index is -0.445. The van der Waals surface area contributed by atoms with Crippen molar-refractivity contribution in [2.75, 3.05) is 0 Å². The lowest BCUT2D eigenvalue weighted by Gasteiger charge is -2.33. The number of fused-ring (bicyclic) bond motifs is 8. The molecule has 0 spiro atoms. The highest BCUT2D eigenvalue weighted by Gasteiger charge is 2.23. The normalized spacial score (nSPS) is 14.0. The average molecular weight is 829 g/mol. The average Bonchev–Trinajstić information content (AvgIpc) is 3.71. The molecule has 10 aromatic carbocycles. The first-order valence-electron chi connectivity index (χ1n) is 22.1. The van der Waals surface area contributed by atoms with Crippen molar-refractivity contribution >= 4 is 76.7 Å². The van der Waals surface area contributed by atoms with Gasteiger partial charge in [-0.2, -0.15) is 0 Å². The molecule has 1 unspecified atom stereocenters. The van der Waals surface area contributed by atoms with Crippen molar-refractivity contribution in [1.82, 2.24) is 9.55 Å². The summed E-state index contributed by atoms with van der Waals surface area (Å²) in [6, 6.07) is 79.7. The van der Waals surface area contributed by atoms with E-state index in [0.717, 1.165) is 77.5 Å². The van der Waals surface area contributed by atoms with Gasteiger partial charge >= 0.3 is 0 Å². The fraction of sp³-hybridized carbons (Fsp3) is 0.0167. The van der Waals surface area contributed by atoms with Crippen molar-refractivity contribution in [2.45, 2.75) is 6.17 Å². The van der Waals surface area contributed by atoms with Crippen molar-refractivity contribution in [1.29, 1.82) is 0 Å². The number of aromatic nitrogens is 2. The number of nitrogens with zero attached hydrogens (tertiary/aromatic N) is 5. The first-order chi connectivity index (χ1) is 32.2. The summed E-state index contributed by atoms with van der Waals surface area (Å²) >= 11 is 0. The van der Waals surface area contributed by atoms with Crippen LogP contribution in [0.4, 0.5) is 0 Å². The molecule has 65 heavy (non-hydrogen) atoms. The maximum atomic E-state index is 5.43. The van der Waals surface area contributed by atoms with Crippen LogP contribution >= 0.6 is 0 Å². The molecular formula is C60H38N5-. The Morgan fingerprint density at radius 1 is 0.415 bits per heavy atom. The number of hydrogen-bond donors (Lipinski definition) is 0. The van der Waals surface area contributed by atoms with Gasteiger partial charge in [0.25, 0.3) is 0 Å². The van der Waals surface area contributed by atoms with Crippen molar-refractivity contribution in [3.05, 3.63) is 246 Å². The van der Waals surface area contributed by atoms with Gasteiger partial charge in [-0.25, -0.2) is 4.98 Å². The number of para-hydroxylation sites is 2. The Morgan fingerprint density at radius 2 is 1.06 bits per heavy atom. The van der Waals surface area contributed by atoms with E-state index in [-0.39, 0.29) is 0 Å². The zero-order valence-corrected chi connectivity index (χ0v) is 35.2. The van der Waals surface area contributed by atoms with Crippen molar-refractivity contribution in [2.24, 2.45) is 9.98 Å². The topological polar surface area (TPSA) is 56.6 Å². The highest BCUT2D eigenvalue weighted by molar-refractivity contribution is 6.24. The second-order valence-corrected chi connectivity index (χ2v) is 16.7. The highest BCUT2D eigenvalue weighted by Crippen LogP contribution is 2.44. The predicted molar refractivity (Wildman–Crippen MR) is 272 cm³/mol. The van der Waals surface area contributed by atoms with Crippen LogP contribution in [0.3, 0.4) is 0 Å². The molecule has 5 heteroatoms. The third-order valence-electron chi connectivity index (χ3n) is 12.9. The van der Waals surface area contributed by atoms with E-state index in [1.807, 2.05) is 36.4 Å². The second kappa shape index (κ2) is 15.0. The Balaban J connectivity index is 1.11. The van der Waals surface area contributed by atoms with Crippen molar-refractivity contribution in [3.8, 4) is 28.1 Å². The Kier molecular flexibility index (Phi) is 8.53. The lowest BCUT2D eigenvalue weighted by atomic mass is 9.95. The Bertz CT molecular complexity index is 3920. The van der Waals surface area contributed by atoms with Crippen LogP contribution in [0.15, 0.2) is 234 Å². The SMILES string of the molecule is c1ccc(C2=NC(c3ccccc3-c3cccc4c5cc6c(cc5n(-c5ccc7ccccc7c5)c34)c(-c3ccc4ccccc4c3)nc3ccccc36)=NC(c3ccccc3)[N-]2)cc1. The maximum absolute atomic E-state index is 5.43. The van der Waals surface area contributed by atoms with Crippen molar-refractivity contribution < 1.29 is 0 Å². The summed E-state index contributed by atoms with van der Waals surface area (Å²) in [6.45, 7) is 0. The molecule has 304 valence electrons. The lowest BCUT2D eigenvalue weighted by molar-refractivity contribution is 0.878. The van der Waals surface area contributed by atoms with Gasteiger partial charge in [0, 0.05) is 43.9 Å². The molecule has 0 bridgehead atoms. The van der Waals surface area contributed by atoms with Gasteiger partial charge in [0.05, 0.1) is 34.2 Å². The van der Waals surface area contributed by atoms with E-state index < -0.39 is 6.17 Å². The van der Waals surface area contributed by atoms with E-state index in [4.69, 9.17) is 20.3 Å². The van der Waals surface area contributed by atoms with Gasteiger partial charge in [-0.15, -0.1) is 0 Å². The molecule has 0 fully saturated rings. The van der Waals surface area contributed by atoms with E-state index in [9.17, 15) is 0 Å². The lowest BCUT2D eigenvalue weighted by Crippen LogP contribution is -2.16. The number of aliphatic imine (C=N–C) groups is 2. The standard InChI is InChI=1S/C60H38N5/c1-3-18-40(19-4-1)58-62-59(41-20-5-2-6-21-41)64-60(63-58)50-26-12-11-24-46(50)48-27-15-28-49-52-36-51-47-25-13-14-29-54(47)61-56(44-31-30-38-16-7-9-22-42(38)34-44)53(51)37-55(52)65(57(48)49)45-33-32-39-17-8-10-23-43(39)35-45/h1-37,58H/q-1. The van der Waals surface area contributed by atoms with Crippen LogP contribution in [-0.2, 0) is 0 Å². The van der Waals surface area contributed by atoms with Gasteiger partial charge in [0.1, 0.15) is 0 Å². The van der Waals surface area contributed by atoms with Crippen molar-refractivity contribution in [3.63, 3.8) is 0 Å². The van der Waals surface area contributed by atoms with Crippen LogP contribution in [0.25, 0.3) is 98.4 Å². The Labute approximate surface area is 375 Å². The smallest absolute Gasteiger partial charge is 0.0822 e. The highest BCUT2D eigenvalue weighted by atomic mass is 15.2. The zero-order chi connectivity index (χ0) is 42.8.